The van der Waals surface area contributed by atoms with Gasteiger partial charge in [-0.1, -0.05) is 26.8 Å². The summed E-state index contributed by atoms with van der Waals surface area (Å²) >= 11 is 0. The summed E-state index contributed by atoms with van der Waals surface area (Å²) in [6, 6.07) is 3.86. The van der Waals surface area contributed by atoms with Crippen LogP contribution < -0.4 is 10.4 Å². The first-order chi connectivity index (χ1) is 12.4. The van der Waals surface area contributed by atoms with Crippen LogP contribution in [-0.2, 0) is 23.6 Å². The lowest BCUT2D eigenvalue weighted by atomic mass is 9.93. The van der Waals surface area contributed by atoms with Gasteiger partial charge in [0.2, 0.25) is 10.0 Å². The summed E-state index contributed by atoms with van der Waals surface area (Å²) in [6.45, 7) is 6.95. The number of hydrogen-bond acceptors (Lipinski definition) is 4. The fourth-order valence-corrected chi connectivity index (χ4v) is 4.38. The maximum Gasteiger partial charge on any atom is 0.330 e. The number of hydrogen-bond donors (Lipinski definition) is 1. The van der Waals surface area contributed by atoms with Gasteiger partial charge in [-0.15, -0.1) is 0 Å². The summed E-state index contributed by atoms with van der Waals surface area (Å²) < 4.78 is 28.8. The summed E-state index contributed by atoms with van der Waals surface area (Å²) in [5.74, 6) is 0. The molecule has 0 radical (unpaired) electrons. The first-order valence-electron chi connectivity index (χ1n) is 9.17. The van der Waals surface area contributed by atoms with Crippen LogP contribution in [0.1, 0.15) is 45.7 Å². The van der Waals surface area contributed by atoms with Gasteiger partial charge >= 0.3 is 5.69 Å². The zero-order chi connectivity index (χ0) is 20.0. The number of sulfonamides is 1. The summed E-state index contributed by atoms with van der Waals surface area (Å²) in [5.41, 5.74) is 3.40. The average Bonchev–Trinajstić information content (AvgIpc) is 2.77. The quantitative estimate of drug-likeness (QED) is 0.865. The third kappa shape index (κ3) is 4.50. The van der Waals surface area contributed by atoms with Crippen molar-refractivity contribution in [1.29, 1.82) is 0 Å². The first kappa shape index (κ1) is 19.8. The third-order valence-corrected chi connectivity index (χ3v) is 5.50. The molecule has 1 aliphatic carbocycles. The molecule has 1 N–H and O–H groups in total. The number of fused-ring (bicyclic) bond motifs is 1. The Morgan fingerprint density at radius 2 is 2.00 bits per heavy atom. The van der Waals surface area contributed by atoms with Gasteiger partial charge in [-0.2, -0.15) is 0 Å². The van der Waals surface area contributed by atoms with Crippen molar-refractivity contribution < 1.29 is 8.42 Å². The Hall–Kier alpha value is -1.93. The second-order valence-corrected chi connectivity index (χ2v) is 10.4. The van der Waals surface area contributed by atoms with Gasteiger partial charge in [0, 0.05) is 19.6 Å². The predicted octanol–water partition coefficient (Wildman–Crippen LogP) is 2.27. The van der Waals surface area contributed by atoms with E-state index in [9.17, 15) is 13.2 Å². The molecule has 0 aliphatic heterocycles. The number of rotatable bonds is 4. The summed E-state index contributed by atoms with van der Waals surface area (Å²) in [6.07, 6.45) is 5.37. The minimum Gasteiger partial charge on any atom is -0.290 e. The van der Waals surface area contributed by atoms with Crippen LogP contribution in [0.2, 0.25) is 0 Å². The van der Waals surface area contributed by atoms with Crippen molar-refractivity contribution in [3.05, 3.63) is 34.4 Å². The largest absolute Gasteiger partial charge is 0.330 e. The smallest absolute Gasteiger partial charge is 0.290 e. The van der Waals surface area contributed by atoms with Crippen molar-refractivity contribution in [2.24, 2.45) is 12.5 Å². The molecule has 2 heterocycles. The van der Waals surface area contributed by atoms with Gasteiger partial charge in [0.05, 0.1) is 17.5 Å². The van der Waals surface area contributed by atoms with E-state index in [1.54, 1.807) is 16.2 Å². The molecule has 0 saturated heterocycles. The Labute approximate surface area is 160 Å². The maximum absolute atomic E-state index is 12.6. The van der Waals surface area contributed by atoms with Crippen molar-refractivity contribution in [2.45, 2.75) is 52.6 Å². The highest BCUT2D eigenvalue weighted by molar-refractivity contribution is 7.88. The minimum absolute atomic E-state index is 0.00962. The summed E-state index contributed by atoms with van der Waals surface area (Å²) in [7, 11) is -1.44. The molecule has 2 aromatic heterocycles. The van der Waals surface area contributed by atoms with Crippen LogP contribution in [0.25, 0.3) is 16.7 Å². The molecule has 7 nitrogen and oxygen atoms in total. The number of aromatic nitrogens is 3. The standard InChI is InChI=1S/C19H28N4O3S/c1-19(2,3)12-23-16-11-10-15(20-17(16)22(4)18(23)24)13-6-8-14(9-7-13)21-27(5,25)26/h6,10-11,14,21H,7-9,12H2,1-5H3. The second kappa shape index (κ2) is 6.91. The van der Waals surface area contributed by atoms with Gasteiger partial charge in [-0.05, 0) is 42.4 Å². The SMILES string of the molecule is Cn1c(=O)n(CC(C)(C)C)c2ccc(C3=CCC(NS(C)(=O)=O)CC3)nc21. The molecule has 0 amide bonds. The lowest BCUT2D eigenvalue weighted by Gasteiger charge is -2.22. The molecule has 27 heavy (non-hydrogen) atoms. The van der Waals surface area contributed by atoms with Gasteiger partial charge in [0.1, 0.15) is 0 Å². The molecular formula is C19H28N4O3S. The first-order valence-corrected chi connectivity index (χ1v) is 11.1. The lowest BCUT2D eigenvalue weighted by Crippen LogP contribution is -2.34. The Kier molecular flexibility index (Phi) is 5.07. The van der Waals surface area contributed by atoms with Gasteiger partial charge in [-0.3, -0.25) is 9.13 Å². The molecule has 0 bridgehead atoms. The van der Waals surface area contributed by atoms with E-state index in [1.165, 1.54) is 6.26 Å². The van der Waals surface area contributed by atoms with E-state index in [0.717, 1.165) is 29.6 Å². The molecule has 1 atom stereocenters. The highest BCUT2D eigenvalue weighted by atomic mass is 32.2. The van der Waals surface area contributed by atoms with Gasteiger partial charge < -0.3 is 0 Å². The average molecular weight is 393 g/mol. The van der Waals surface area contributed by atoms with E-state index in [4.69, 9.17) is 4.98 Å². The number of imidazole rings is 1. The van der Waals surface area contributed by atoms with Gasteiger partial charge in [0.15, 0.2) is 5.65 Å². The van der Waals surface area contributed by atoms with Crippen LogP contribution in [0.5, 0.6) is 0 Å². The Morgan fingerprint density at radius 1 is 1.30 bits per heavy atom. The number of nitrogens with one attached hydrogen (secondary N) is 1. The zero-order valence-electron chi connectivity index (χ0n) is 16.6. The fourth-order valence-electron chi connectivity index (χ4n) is 3.56. The van der Waals surface area contributed by atoms with Crippen molar-refractivity contribution in [1.82, 2.24) is 18.8 Å². The van der Waals surface area contributed by atoms with Crippen LogP contribution in [0.3, 0.4) is 0 Å². The molecule has 8 heteroatoms. The fraction of sp³-hybridized carbons (Fsp3) is 0.579. The highest BCUT2D eigenvalue weighted by Crippen LogP contribution is 2.28. The predicted molar refractivity (Wildman–Crippen MR) is 108 cm³/mol. The zero-order valence-corrected chi connectivity index (χ0v) is 17.4. The molecule has 1 aliphatic rings. The number of pyridine rings is 1. The van der Waals surface area contributed by atoms with E-state index in [1.807, 2.05) is 18.2 Å². The summed E-state index contributed by atoms with van der Waals surface area (Å²) in [4.78, 5) is 17.4. The molecule has 1 unspecified atom stereocenters. The summed E-state index contributed by atoms with van der Waals surface area (Å²) in [5, 5.41) is 0. The van der Waals surface area contributed by atoms with E-state index in [0.29, 0.717) is 18.6 Å². The minimum atomic E-state index is -3.19. The molecule has 2 aromatic rings. The molecule has 0 fully saturated rings. The van der Waals surface area contributed by atoms with Crippen molar-refractivity contribution in [2.75, 3.05) is 6.26 Å². The van der Waals surface area contributed by atoms with Crippen LogP contribution in [0.15, 0.2) is 23.0 Å². The Bertz CT molecular complexity index is 1060. The van der Waals surface area contributed by atoms with E-state index in [-0.39, 0.29) is 17.1 Å². The van der Waals surface area contributed by atoms with E-state index in [2.05, 4.69) is 25.5 Å². The molecule has 148 valence electrons. The van der Waals surface area contributed by atoms with Crippen molar-refractivity contribution >= 4 is 26.8 Å². The monoisotopic (exact) mass is 392 g/mol. The number of nitrogens with zero attached hydrogens (tertiary/aromatic N) is 3. The molecule has 0 aromatic carbocycles. The van der Waals surface area contributed by atoms with Crippen LogP contribution in [-0.4, -0.2) is 34.8 Å². The lowest BCUT2D eigenvalue weighted by molar-refractivity contribution is 0.342. The highest BCUT2D eigenvalue weighted by Gasteiger charge is 2.21. The number of aryl methyl sites for hydroxylation is 1. The molecule has 0 saturated carbocycles. The van der Waals surface area contributed by atoms with E-state index >= 15 is 0 Å². The second-order valence-electron chi connectivity index (χ2n) is 8.62. The van der Waals surface area contributed by atoms with Crippen LogP contribution >= 0.6 is 0 Å². The molecule has 3 rings (SSSR count). The van der Waals surface area contributed by atoms with Crippen molar-refractivity contribution in [3.8, 4) is 0 Å². The topological polar surface area (TPSA) is 86.0 Å². The van der Waals surface area contributed by atoms with E-state index < -0.39 is 10.0 Å². The van der Waals surface area contributed by atoms with Crippen molar-refractivity contribution in [3.63, 3.8) is 0 Å². The van der Waals surface area contributed by atoms with Crippen LogP contribution in [0, 0.1) is 5.41 Å². The maximum atomic E-state index is 12.6. The van der Waals surface area contributed by atoms with Gasteiger partial charge in [0.25, 0.3) is 0 Å². The Balaban J connectivity index is 1.92. The molecular weight excluding hydrogens is 364 g/mol. The van der Waals surface area contributed by atoms with Gasteiger partial charge in [-0.25, -0.2) is 22.9 Å². The Morgan fingerprint density at radius 3 is 2.56 bits per heavy atom. The van der Waals surface area contributed by atoms with Crippen LogP contribution in [0.4, 0.5) is 0 Å². The normalized spacial score (nSPS) is 18.7. The third-order valence-electron chi connectivity index (χ3n) is 4.73. The molecule has 0 spiro atoms. The number of allylic oxidation sites excluding steroid dienone is 1.